The van der Waals surface area contributed by atoms with E-state index in [1.54, 1.807) is 0 Å². The van der Waals surface area contributed by atoms with Gasteiger partial charge >= 0.3 is 17.1 Å². The number of nitrogens with zero attached hydrogens (tertiary/aromatic N) is 1. The van der Waals surface area contributed by atoms with E-state index in [0.29, 0.717) is 0 Å². The summed E-state index contributed by atoms with van der Waals surface area (Å²) in [4.78, 5) is 0. The second kappa shape index (κ2) is 6.89. The van der Waals surface area contributed by atoms with E-state index < -0.39 is 0 Å². The Kier molecular flexibility index (Phi) is 5.47. The molecule has 1 N–H and O–H groups in total. The first-order chi connectivity index (χ1) is 7.86. The summed E-state index contributed by atoms with van der Waals surface area (Å²) in [6, 6.07) is 20.2. The summed E-state index contributed by atoms with van der Waals surface area (Å²) >= 11 is 0. The first-order valence-corrected chi connectivity index (χ1v) is 5.27. The number of aromatic amines is 1. The molecule has 0 aliphatic rings. The molecule has 0 fully saturated rings. The van der Waals surface area contributed by atoms with Crippen LogP contribution in [-0.2, 0) is 17.1 Å². The zero-order chi connectivity index (χ0) is 11.2. The Balaban J connectivity index is 0.000000205. The molecule has 17 heavy (non-hydrogen) atoms. The summed E-state index contributed by atoms with van der Waals surface area (Å²) in [5.41, 5.74) is 3.29. The SMILES string of the molecule is Cc1cc(-c2cc[cH-]c2)n[nH]1.[Fe+2].c1cc[cH-]c1. The van der Waals surface area contributed by atoms with Gasteiger partial charge in [0.1, 0.15) is 0 Å². The summed E-state index contributed by atoms with van der Waals surface area (Å²) in [5, 5.41) is 7.04. The van der Waals surface area contributed by atoms with Crippen LogP contribution in [0.2, 0.25) is 0 Å². The fraction of sp³-hybridized carbons (Fsp3) is 0.0714. The molecule has 3 aromatic rings. The first kappa shape index (κ1) is 13.5. The number of aryl methyl sites for hydroxylation is 1. The molecule has 2 aromatic carbocycles. The molecule has 3 rings (SSSR count). The maximum absolute atomic E-state index is 4.13. The van der Waals surface area contributed by atoms with E-state index in [-0.39, 0.29) is 17.1 Å². The molecule has 2 nitrogen and oxygen atoms in total. The first-order valence-electron chi connectivity index (χ1n) is 5.27. The average molecular weight is 266 g/mol. The number of rotatable bonds is 1. The van der Waals surface area contributed by atoms with Crippen LogP contribution in [0.25, 0.3) is 11.3 Å². The fourth-order valence-electron chi connectivity index (χ4n) is 1.43. The molecule has 0 bridgehead atoms. The van der Waals surface area contributed by atoms with Crippen LogP contribution >= 0.6 is 0 Å². The molecule has 0 aliphatic carbocycles. The molecule has 0 amide bonds. The Morgan fingerprint density at radius 2 is 1.88 bits per heavy atom. The third kappa shape index (κ3) is 4.06. The van der Waals surface area contributed by atoms with Crippen molar-refractivity contribution in [3.8, 4) is 11.3 Å². The Labute approximate surface area is 112 Å². The number of nitrogens with one attached hydrogen (secondary N) is 1. The van der Waals surface area contributed by atoms with Gasteiger partial charge in [-0.25, -0.2) is 18.2 Å². The predicted molar refractivity (Wildman–Crippen MR) is 66.4 cm³/mol. The van der Waals surface area contributed by atoms with Crippen LogP contribution in [-0.4, -0.2) is 10.2 Å². The van der Waals surface area contributed by atoms with Crippen LogP contribution in [0.1, 0.15) is 5.69 Å². The van der Waals surface area contributed by atoms with E-state index in [1.807, 2.05) is 55.5 Å². The Morgan fingerprint density at radius 1 is 1.12 bits per heavy atom. The summed E-state index contributed by atoms with van der Waals surface area (Å²) in [7, 11) is 0. The van der Waals surface area contributed by atoms with E-state index in [1.165, 1.54) is 5.56 Å². The molecule has 0 saturated carbocycles. The molecule has 0 aliphatic heterocycles. The largest absolute Gasteiger partial charge is 2.00 e. The van der Waals surface area contributed by atoms with Crippen molar-refractivity contribution >= 4 is 0 Å². The molecule has 0 atom stereocenters. The van der Waals surface area contributed by atoms with Crippen LogP contribution in [0.4, 0.5) is 0 Å². The fourth-order valence-corrected chi connectivity index (χ4v) is 1.43. The maximum atomic E-state index is 4.13. The van der Waals surface area contributed by atoms with Crippen LogP contribution in [0.5, 0.6) is 0 Å². The molecule has 0 radical (unpaired) electrons. The minimum Gasteiger partial charge on any atom is -0.283 e. The van der Waals surface area contributed by atoms with Gasteiger partial charge in [0.05, 0.1) is 0 Å². The number of H-pyrrole nitrogens is 1. The van der Waals surface area contributed by atoms with Gasteiger partial charge in [0.15, 0.2) is 0 Å². The van der Waals surface area contributed by atoms with Crippen molar-refractivity contribution in [1.82, 2.24) is 10.2 Å². The van der Waals surface area contributed by atoms with Gasteiger partial charge in [-0.2, -0.15) is 47.1 Å². The van der Waals surface area contributed by atoms with Gasteiger partial charge in [0.2, 0.25) is 0 Å². The van der Waals surface area contributed by atoms with Crippen molar-refractivity contribution in [3.63, 3.8) is 0 Å². The Bertz CT molecular complexity index is 475. The Morgan fingerprint density at radius 3 is 2.29 bits per heavy atom. The van der Waals surface area contributed by atoms with Crippen molar-refractivity contribution < 1.29 is 17.1 Å². The minimum atomic E-state index is 0. The van der Waals surface area contributed by atoms with Gasteiger partial charge < -0.3 is 0 Å². The maximum Gasteiger partial charge on any atom is 2.00 e. The third-order valence-electron chi connectivity index (χ3n) is 2.22. The van der Waals surface area contributed by atoms with Crippen LogP contribution in [0.15, 0.2) is 60.7 Å². The molecule has 1 heterocycles. The standard InChI is InChI=1S/C9H9N2.C5H5.Fe/c1-7-6-9(11-10-7)8-4-2-3-5-8;1-2-4-5-3-1;/h2-6H,1H3,(H,10,11);1-5H;/q2*-1;+2. The second-order valence-electron chi connectivity index (χ2n) is 3.57. The van der Waals surface area contributed by atoms with E-state index >= 15 is 0 Å². The molecule has 0 unspecified atom stereocenters. The number of hydrogen-bond donors (Lipinski definition) is 1. The molecule has 3 heteroatoms. The number of hydrogen-bond acceptors (Lipinski definition) is 1. The van der Waals surface area contributed by atoms with Crippen molar-refractivity contribution in [2.45, 2.75) is 6.92 Å². The summed E-state index contributed by atoms with van der Waals surface area (Å²) in [6.45, 7) is 2.00. The topological polar surface area (TPSA) is 28.7 Å². The van der Waals surface area contributed by atoms with Crippen LogP contribution in [0.3, 0.4) is 0 Å². The molecule has 0 saturated heterocycles. The molecular formula is C14H14FeN2. The smallest absolute Gasteiger partial charge is 0.283 e. The molecule has 0 spiro atoms. The normalized spacial score (nSPS) is 9.00. The van der Waals surface area contributed by atoms with Gasteiger partial charge in [-0.1, -0.05) is 0 Å². The molecular weight excluding hydrogens is 252 g/mol. The molecule has 1 aromatic heterocycles. The van der Waals surface area contributed by atoms with Gasteiger partial charge in [-0.05, 0) is 13.0 Å². The zero-order valence-electron chi connectivity index (χ0n) is 9.57. The summed E-state index contributed by atoms with van der Waals surface area (Å²) < 4.78 is 0. The van der Waals surface area contributed by atoms with E-state index in [4.69, 9.17) is 0 Å². The number of aromatic nitrogens is 2. The zero-order valence-corrected chi connectivity index (χ0v) is 10.7. The van der Waals surface area contributed by atoms with Gasteiger partial charge in [-0.15, -0.1) is 0 Å². The third-order valence-corrected chi connectivity index (χ3v) is 2.22. The summed E-state index contributed by atoms with van der Waals surface area (Å²) in [6.07, 6.45) is 0. The monoisotopic (exact) mass is 266 g/mol. The minimum absolute atomic E-state index is 0. The van der Waals surface area contributed by atoms with Crippen molar-refractivity contribution in [2.75, 3.05) is 0 Å². The van der Waals surface area contributed by atoms with E-state index in [2.05, 4.69) is 22.3 Å². The van der Waals surface area contributed by atoms with E-state index in [0.717, 1.165) is 11.4 Å². The van der Waals surface area contributed by atoms with Gasteiger partial charge in [-0.3, -0.25) is 5.10 Å². The van der Waals surface area contributed by atoms with Gasteiger partial charge in [0.25, 0.3) is 0 Å². The van der Waals surface area contributed by atoms with E-state index in [9.17, 15) is 0 Å². The average Bonchev–Trinajstić information content (AvgIpc) is 3.03. The summed E-state index contributed by atoms with van der Waals surface area (Å²) in [5.74, 6) is 0. The quantitative estimate of drug-likeness (QED) is 0.530. The Hall–Kier alpha value is -1.57. The van der Waals surface area contributed by atoms with Crippen molar-refractivity contribution in [2.24, 2.45) is 0 Å². The molecule has 88 valence electrons. The van der Waals surface area contributed by atoms with Crippen LogP contribution < -0.4 is 0 Å². The van der Waals surface area contributed by atoms with Crippen LogP contribution in [0, 0.1) is 6.92 Å². The van der Waals surface area contributed by atoms with Gasteiger partial charge in [0, 0.05) is 11.4 Å². The van der Waals surface area contributed by atoms with Crippen molar-refractivity contribution in [3.05, 3.63) is 66.4 Å². The predicted octanol–water partition coefficient (Wildman–Crippen LogP) is 3.51. The van der Waals surface area contributed by atoms with Crippen molar-refractivity contribution in [1.29, 1.82) is 0 Å². The second-order valence-corrected chi connectivity index (χ2v) is 3.57.